The summed E-state index contributed by atoms with van der Waals surface area (Å²) in [6.45, 7) is 5.62. The third kappa shape index (κ3) is 2.29. The number of hydrogen-bond acceptors (Lipinski definition) is 3. The van der Waals surface area contributed by atoms with E-state index < -0.39 is 5.41 Å². The van der Waals surface area contributed by atoms with E-state index >= 15 is 0 Å². The van der Waals surface area contributed by atoms with E-state index in [-0.39, 0.29) is 16.9 Å². The van der Waals surface area contributed by atoms with Gasteiger partial charge in [-0.2, -0.15) is 0 Å². The van der Waals surface area contributed by atoms with Crippen LogP contribution in [0.3, 0.4) is 0 Å². The fourth-order valence-electron chi connectivity index (χ4n) is 1.82. The molecule has 0 aliphatic carbocycles. The zero-order valence-electron chi connectivity index (χ0n) is 9.34. The van der Waals surface area contributed by atoms with E-state index in [9.17, 15) is 9.59 Å². The second kappa shape index (κ2) is 5.21. The maximum atomic E-state index is 11.9. The molecular formula is C11H16N2O2S. The van der Waals surface area contributed by atoms with Gasteiger partial charge in [-0.05, 0) is 25.1 Å². The van der Waals surface area contributed by atoms with Crippen molar-refractivity contribution in [3.05, 3.63) is 12.7 Å². The lowest BCUT2D eigenvalue weighted by Gasteiger charge is -2.34. The van der Waals surface area contributed by atoms with Crippen molar-refractivity contribution in [2.45, 2.75) is 32.6 Å². The quantitative estimate of drug-likeness (QED) is 0.432. The van der Waals surface area contributed by atoms with Gasteiger partial charge in [-0.15, -0.1) is 6.58 Å². The smallest absolute Gasteiger partial charge is 0.242 e. The normalized spacial score (nSPS) is 18.9. The van der Waals surface area contributed by atoms with Crippen molar-refractivity contribution in [1.29, 1.82) is 0 Å². The highest BCUT2D eigenvalue weighted by Gasteiger charge is 2.47. The average Bonchev–Trinajstić information content (AvgIpc) is 2.22. The molecule has 16 heavy (non-hydrogen) atoms. The van der Waals surface area contributed by atoms with Crippen LogP contribution < -0.4 is 10.6 Å². The Morgan fingerprint density at radius 1 is 1.38 bits per heavy atom. The molecule has 2 amide bonds. The van der Waals surface area contributed by atoms with Crippen LogP contribution in [0.1, 0.15) is 32.6 Å². The highest BCUT2D eigenvalue weighted by molar-refractivity contribution is 7.80. The van der Waals surface area contributed by atoms with Gasteiger partial charge in [0.15, 0.2) is 5.11 Å². The van der Waals surface area contributed by atoms with Crippen LogP contribution in [0, 0.1) is 5.41 Å². The Bertz CT molecular complexity index is 319. The van der Waals surface area contributed by atoms with Gasteiger partial charge >= 0.3 is 0 Å². The number of thiocarbonyl (C=S) groups is 1. The number of hydrogen-bond donors (Lipinski definition) is 2. The minimum atomic E-state index is -1.03. The number of amides is 2. The van der Waals surface area contributed by atoms with Crippen LogP contribution in [-0.4, -0.2) is 16.9 Å². The number of carbonyl (C=O) groups excluding carboxylic acids is 2. The van der Waals surface area contributed by atoms with Gasteiger partial charge in [-0.25, -0.2) is 0 Å². The Kier molecular flexibility index (Phi) is 4.18. The second-order valence-electron chi connectivity index (χ2n) is 3.92. The monoisotopic (exact) mass is 240 g/mol. The molecule has 0 saturated carbocycles. The maximum absolute atomic E-state index is 11.9. The molecule has 4 nitrogen and oxygen atoms in total. The molecule has 88 valence electrons. The predicted molar refractivity (Wildman–Crippen MR) is 65.7 cm³/mol. The molecule has 0 aromatic carbocycles. The average molecular weight is 240 g/mol. The summed E-state index contributed by atoms with van der Waals surface area (Å²) < 4.78 is 0. The van der Waals surface area contributed by atoms with E-state index in [2.05, 4.69) is 17.2 Å². The highest BCUT2D eigenvalue weighted by atomic mass is 32.1. The first kappa shape index (κ1) is 12.8. The zero-order valence-corrected chi connectivity index (χ0v) is 10.2. The summed E-state index contributed by atoms with van der Waals surface area (Å²) in [6.07, 6.45) is 4.22. The summed E-state index contributed by atoms with van der Waals surface area (Å²) in [5.74, 6) is -0.621. The van der Waals surface area contributed by atoms with Crippen molar-refractivity contribution >= 4 is 29.1 Å². The molecule has 0 bridgehead atoms. The molecule has 0 aromatic heterocycles. The Morgan fingerprint density at radius 3 is 2.38 bits per heavy atom. The minimum Gasteiger partial charge on any atom is -0.302 e. The molecule has 0 spiro atoms. The third-order valence-corrected chi connectivity index (χ3v) is 2.98. The van der Waals surface area contributed by atoms with E-state index in [0.717, 1.165) is 12.8 Å². The minimum absolute atomic E-state index is 0.0891. The number of nitrogens with one attached hydrogen (secondary N) is 2. The van der Waals surface area contributed by atoms with Crippen LogP contribution in [0.4, 0.5) is 0 Å². The molecule has 1 aliphatic heterocycles. The first-order valence-electron chi connectivity index (χ1n) is 5.34. The Labute approximate surface area is 100 Å². The standard InChI is InChI=1S/C11H16N2O2S/c1-3-5-7-11(6-4-2)8(14)12-10(16)13-9(11)15/h4H,2-3,5-7H2,1H3,(H2,12,13,14,15,16). The van der Waals surface area contributed by atoms with Crippen molar-refractivity contribution < 1.29 is 9.59 Å². The maximum Gasteiger partial charge on any atom is 0.242 e. The molecule has 2 N–H and O–H groups in total. The van der Waals surface area contributed by atoms with Crippen molar-refractivity contribution in [2.24, 2.45) is 5.41 Å². The number of unbranched alkanes of at least 4 members (excludes halogenated alkanes) is 1. The number of allylic oxidation sites excluding steroid dienone is 1. The molecule has 0 unspecified atom stereocenters. The van der Waals surface area contributed by atoms with Gasteiger partial charge in [0.1, 0.15) is 5.41 Å². The van der Waals surface area contributed by atoms with E-state index in [0.29, 0.717) is 12.8 Å². The lowest BCUT2D eigenvalue weighted by molar-refractivity contribution is -0.144. The topological polar surface area (TPSA) is 58.2 Å². The number of carbonyl (C=O) groups is 2. The highest BCUT2D eigenvalue weighted by Crippen LogP contribution is 2.31. The molecule has 1 heterocycles. The lowest BCUT2D eigenvalue weighted by atomic mass is 9.77. The largest absolute Gasteiger partial charge is 0.302 e. The second-order valence-corrected chi connectivity index (χ2v) is 4.32. The molecule has 0 atom stereocenters. The van der Waals surface area contributed by atoms with E-state index in [1.807, 2.05) is 6.92 Å². The van der Waals surface area contributed by atoms with Gasteiger partial charge in [0, 0.05) is 0 Å². The molecule has 5 heteroatoms. The molecule has 1 fully saturated rings. The first-order chi connectivity index (χ1) is 7.56. The van der Waals surface area contributed by atoms with Crippen molar-refractivity contribution in [3.8, 4) is 0 Å². The fraction of sp³-hybridized carbons (Fsp3) is 0.545. The van der Waals surface area contributed by atoms with Crippen LogP contribution in [0.2, 0.25) is 0 Å². The lowest BCUT2D eigenvalue weighted by Crippen LogP contribution is -2.62. The summed E-state index contributed by atoms with van der Waals surface area (Å²) in [6, 6.07) is 0. The Hall–Kier alpha value is -1.23. The predicted octanol–water partition coefficient (Wildman–Crippen LogP) is 1.27. The van der Waals surface area contributed by atoms with Gasteiger partial charge in [0.05, 0.1) is 0 Å². The number of rotatable bonds is 5. The molecule has 0 aromatic rings. The van der Waals surface area contributed by atoms with Gasteiger partial charge < -0.3 is 10.6 Å². The van der Waals surface area contributed by atoms with E-state index in [4.69, 9.17) is 12.2 Å². The fourth-order valence-corrected chi connectivity index (χ4v) is 2.00. The SMILES string of the molecule is C=CCC1(CCCC)C(=O)NC(=S)NC1=O. The summed E-state index contributed by atoms with van der Waals surface area (Å²) in [7, 11) is 0. The van der Waals surface area contributed by atoms with Crippen LogP contribution in [0.25, 0.3) is 0 Å². The zero-order chi connectivity index (χ0) is 12.2. The van der Waals surface area contributed by atoms with Crippen molar-refractivity contribution in [3.63, 3.8) is 0 Å². The summed E-state index contributed by atoms with van der Waals surface area (Å²) >= 11 is 4.77. The molecule has 1 aliphatic rings. The molecule has 1 saturated heterocycles. The van der Waals surface area contributed by atoms with Gasteiger partial charge in [-0.1, -0.05) is 25.8 Å². The van der Waals surface area contributed by atoms with Gasteiger partial charge in [0.25, 0.3) is 0 Å². The van der Waals surface area contributed by atoms with E-state index in [1.54, 1.807) is 6.08 Å². The third-order valence-electron chi connectivity index (χ3n) is 2.77. The van der Waals surface area contributed by atoms with Crippen molar-refractivity contribution in [1.82, 2.24) is 10.6 Å². The summed E-state index contributed by atoms with van der Waals surface area (Å²) in [5.41, 5.74) is -1.03. The Balaban J connectivity index is 2.96. The summed E-state index contributed by atoms with van der Waals surface area (Å²) in [5, 5.41) is 5.10. The first-order valence-corrected chi connectivity index (χ1v) is 5.75. The van der Waals surface area contributed by atoms with E-state index in [1.165, 1.54) is 0 Å². The van der Waals surface area contributed by atoms with Crippen LogP contribution in [0.15, 0.2) is 12.7 Å². The van der Waals surface area contributed by atoms with Gasteiger partial charge in [0.2, 0.25) is 11.8 Å². The Morgan fingerprint density at radius 2 is 1.94 bits per heavy atom. The van der Waals surface area contributed by atoms with Crippen LogP contribution >= 0.6 is 12.2 Å². The molecular weight excluding hydrogens is 224 g/mol. The molecule has 0 radical (unpaired) electrons. The molecule has 1 rings (SSSR count). The van der Waals surface area contributed by atoms with Crippen molar-refractivity contribution in [2.75, 3.05) is 0 Å². The van der Waals surface area contributed by atoms with Gasteiger partial charge in [-0.3, -0.25) is 9.59 Å². The van der Waals surface area contributed by atoms with Crippen LogP contribution in [-0.2, 0) is 9.59 Å². The van der Waals surface area contributed by atoms with Crippen LogP contribution in [0.5, 0.6) is 0 Å². The summed E-state index contributed by atoms with van der Waals surface area (Å²) in [4.78, 5) is 23.9.